The van der Waals surface area contributed by atoms with E-state index in [1.165, 1.54) is 0 Å². The summed E-state index contributed by atoms with van der Waals surface area (Å²) < 4.78 is 0. The van der Waals surface area contributed by atoms with Gasteiger partial charge >= 0.3 is 0 Å². The molecular weight excluding hydrogens is 306 g/mol. The molecule has 3 N–H and O–H groups in total. The molecule has 7 heteroatoms. The summed E-state index contributed by atoms with van der Waals surface area (Å²) in [6.07, 6.45) is 2.57. The predicted octanol–water partition coefficient (Wildman–Crippen LogP) is 1.58. The molecule has 3 rings (SSSR count). The second-order valence-corrected chi connectivity index (χ2v) is 5.93. The highest BCUT2D eigenvalue weighted by Crippen LogP contribution is 2.24. The van der Waals surface area contributed by atoms with Gasteiger partial charge in [0.25, 0.3) is 5.91 Å². The van der Waals surface area contributed by atoms with E-state index >= 15 is 0 Å². The number of aromatic amines is 1. The van der Waals surface area contributed by atoms with Crippen molar-refractivity contribution in [3.05, 3.63) is 41.5 Å². The van der Waals surface area contributed by atoms with Crippen LogP contribution in [-0.2, 0) is 13.0 Å². The number of aromatic nitrogens is 3. The van der Waals surface area contributed by atoms with Gasteiger partial charge in [-0.3, -0.25) is 9.89 Å². The molecule has 0 unspecified atom stereocenters. The molecule has 1 aliphatic heterocycles. The van der Waals surface area contributed by atoms with Crippen molar-refractivity contribution in [3.8, 4) is 0 Å². The quantitative estimate of drug-likeness (QED) is 0.748. The van der Waals surface area contributed by atoms with E-state index in [-0.39, 0.29) is 18.6 Å². The lowest BCUT2D eigenvalue weighted by Crippen LogP contribution is -2.37. The number of carbonyl (C=O) groups excluding carboxylic acids is 1. The standard InChI is InChI=1S/C17H23N5O2/c1-2-15-19-16(21-20-15)10-18-14-8-4-3-7-13(14)17(24)22-9-5-6-12(22)11-23/h3-4,7-8,12,18,23H,2,5-6,9-11H2,1H3,(H,19,20,21)/t12-/m0/s1. The number of amides is 1. The Morgan fingerprint density at radius 2 is 2.29 bits per heavy atom. The van der Waals surface area contributed by atoms with Crippen molar-refractivity contribution < 1.29 is 9.90 Å². The minimum atomic E-state index is -0.0769. The number of anilines is 1. The fourth-order valence-electron chi connectivity index (χ4n) is 3.02. The number of rotatable bonds is 6. The molecule has 128 valence electrons. The third-order valence-electron chi connectivity index (χ3n) is 4.35. The lowest BCUT2D eigenvalue weighted by atomic mass is 10.1. The third kappa shape index (κ3) is 3.41. The average Bonchev–Trinajstić information content (AvgIpc) is 3.28. The molecule has 0 radical (unpaired) electrons. The Kier molecular flexibility index (Phi) is 5.10. The van der Waals surface area contributed by atoms with Gasteiger partial charge in [0, 0.05) is 18.7 Å². The third-order valence-corrected chi connectivity index (χ3v) is 4.35. The fraction of sp³-hybridized carbons (Fsp3) is 0.471. The van der Waals surface area contributed by atoms with Gasteiger partial charge in [-0.05, 0) is 25.0 Å². The number of aliphatic hydroxyl groups excluding tert-OH is 1. The van der Waals surface area contributed by atoms with Crippen LogP contribution in [0.5, 0.6) is 0 Å². The summed E-state index contributed by atoms with van der Waals surface area (Å²) in [6.45, 7) is 3.18. The molecule has 1 fully saturated rings. The lowest BCUT2D eigenvalue weighted by Gasteiger charge is -2.24. The maximum Gasteiger partial charge on any atom is 0.256 e. The van der Waals surface area contributed by atoms with Crippen LogP contribution in [-0.4, -0.2) is 50.3 Å². The number of para-hydroxylation sites is 1. The first-order chi connectivity index (χ1) is 11.7. The molecule has 1 aromatic carbocycles. The molecule has 1 amide bonds. The number of nitrogens with zero attached hydrogens (tertiary/aromatic N) is 3. The lowest BCUT2D eigenvalue weighted by molar-refractivity contribution is 0.0678. The van der Waals surface area contributed by atoms with Crippen molar-refractivity contribution in [2.24, 2.45) is 0 Å². The molecule has 24 heavy (non-hydrogen) atoms. The molecule has 0 saturated carbocycles. The Morgan fingerprint density at radius 3 is 3.04 bits per heavy atom. The number of carbonyl (C=O) groups is 1. The van der Waals surface area contributed by atoms with E-state index in [0.717, 1.165) is 36.6 Å². The summed E-state index contributed by atoms with van der Waals surface area (Å²) in [6, 6.07) is 7.37. The fourth-order valence-corrected chi connectivity index (χ4v) is 3.02. The van der Waals surface area contributed by atoms with Gasteiger partial charge in [0.05, 0.1) is 24.8 Å². The second-order valence-electron chi connectivity index (χ2n) is 5.93. The number of benzene rings is 1. The molecule has 1 atom stereocenters. The summed E-state index contributed by atoms with van der Waals surface area (Å²) in [7, 11) is 0. The zero-order valence-corrected chi connectivity index (χ0v) is 13.8. The van der Waals surface area contributed by atoms with E-state index in [4.69, 9.17) is 0 Å². The van der Waals surface area contributed by atoms with Crippen LogP contribution in [0.3, 0.4) is 0 Å². The van der Waals surface area contributed by atoms with Gasteiger partial charge in [-0.1, -0.05) is 19.1 Å². The van der Waals surface area contributed by atoms with E-state index in [2.05, 4.69) is 20.5 Å². The monoisotopic (exact) mass is 329 g/mol. The van der Waals surface area contributed by atoms with Crippen molar-refractivity contribution in [1.82, 2.24) is 20.1 Å². The molecule has 1 aromatic heterocycles. The Balaban J connectivity index is 1.73. The van der Waals surface area contributed by atoms with Crippen LogP contribution >= 0.6 is 0 Å². The van der Waals surface area contributed by atoms with Crippen LogP contribution in [0, 0.1) is 0 Å². The van der Waals surface area contributed by atoms with Gasteiger partial charge in [-0.15, -0.1) is 0 Å². The van der Waals surface area contributed by atoms with Crippen molar-refractivity contribution in [2.45, 2.75) is 38.8 Å². The predicted molar refractivity (Wildman–Crippen MR) is 90.7 cm³/mol. The number of aryl methyl sites for hydroxylation is 1. The van der Waals surface area contributed by atoms with Gasteiger partial charge in [0.15, 0.2) is 5.82 Å². The zero-order chi connectivity index (χ0) is 16.9. The van der Waals surface area contributed by atoms with Gasteiger partial charge in [-0.2, -0.15) is 5.10 Å². The average molecular weight is 329 g/mol. The molecule has 0 bridgehead atoms. The first kappa shape index (κ1) is 16.4. The molecule has 2 heterocycles. The highest BCUT2D eigenvalue weighted by molar-refractivity contribution is 5.99. The topological polar surface area (TPSA) is 94.1 Å². The normalized spacial score (nSPS) is 17.2. The maximum atomic E-state index is 12.8. The van der Waals surface area contributed by atoms with Gasteiger partial charge in [0.2, 0.25) is 0 Å². The molecule has 7 nitrogen and oxygen atoms in total. The Labute approximate surface area is 141 Å². The van der Waals surface area contributed by atoms with Crippen LogP contribution in [0.4, 0.5) is 5.69 Å². The summed E-state index contributed by atoms with van der Waals surface area (Å²) in [5.41, 5.74) is 1.38. The molecule has 1 aliphatic rings. The molecule has 2 aromatic rings. The van der Waals surface area contributed by atoms with E-state index in [0.29, 0.717) is 18.7 Å². The first-order valence-corrected chi connectivity index (χ1v) is 8.37. The molecular formula is C17H23N5O2. The van der Waals surface area contributed by atoms with Crippen molar-refractivity contribution in [3.63, 3.8) is 0 Å². The highest BCUT2D eigenvalue weighted by Gasteiger charge is 2.29. The zero-order valence-electron chi connectivity index (χ0n) is 13.8. The first-order valence-electron chi connectivity index (χ1n) is 8.37. The Bertz CT molecular complexity index is 700. The minimum Gasteiger partial charge on any atom is -0.394 e. The van der Waals surface area contributed by atoms with E-state index in [1.807, 2.05) is 31.2 Å². The number of nitrogens with one attached hydrogen (secondary N) is 2. The minimum absolute atomic E-state index is 0.0131. The van der Waals surface area contributed by atoms with Crippen molar-refractivity contribution in [1.29, 1.82) is 0 Å². The summed E-state index contributed by atoms with van der Waals surface area (Å²) in [4.78, 5) is 19.0. The Morgan fingerprint density at radius 1 is 1.46 bits per heavy atom. The number of H-pyrrole nitrogens is 1. The smallest absolute Gasteiger partial charge is 0.256 e. The second kappa shape index (κ2) is 7.44. The van der Waals surface area contributed by atoms with Crippen LogP contribution in [0.25, 0.3) is 0 Å². The van der Waals surface area contributed by atoms with Gasteiger partial charge in [-0.25, -0.2) is 4.98 Å². The Hall–Kier alpha value is -2.41. The summed E-state index contributed by atoms with van der Waals surface area (Å²) in [5, 5.41) is 19.7. The van der Waals surface area contributed by atoms with Crippen molar-refractivity contribution >= 4 is 11.6 Å². The maximum absolute atomic E-state index is 12.8. The summed E-state index contributed by atoms with van der Waals surface area (Å²) in [5.74, 6) is 1.48. The van der Waals surface area contributed by atoms with E-state index < -0.39 is 0 Å². The number of hydrogen-bond acceptors (Lipinski definition) is 5. The van der Waals surface area contributed by atoms with E-state index in [1.54, 1.807) is 4.90 Å². The number of aliphatic hydroxyl groups is 1. The van der Waals surface area contributed by atoms with Gasteiger partial charge < -0.3 is 15.3 Å². The van der Waals surface area contributed by atoms with E-state index in [9.17, 15) is 9.90 Å². The van der Waals surface area contributed by atoms with Crippen LogP contribution in [0.2, 0.25) is 0 Å². The number of likely N-dealkylation sites (tertiary alicyclic amines) is 1. The van der Waals surface area contributed by atoms with Gasteiger partial charge in [0.1, 0.15) is 5.82 Å². The SMILES string of the molecule is CCc1n[nH]c(CNc2ccccc2C(=O)N2CCC[C@H]2CO)n1. The number of hydrogen-bond donors (Lipinski definition) is 3. The molecule has 0 spiro atoms. The molecule has 1 saturated heterocycles. The van der Waals surface area contributed by atoms with Crippen LogP contribution in [0.1, 0.15) is 41.8 Å². The van der Waals surface area contributed by atoms with Crippen molar-refractivity contribution in [2.75, 3.05) is 18.5 Å². The van der Waals surface area contributed by atoms with Crippen LogP contribution in [0.15, 0.2) is 24.3 Å². The largest absolute Gasteiger partial charge is 0.394 e. The molecule has 0 aliphatic carbocycles. The highest BCUT2D eigenvalue weighted by atomic mass is 16.3. The van der Waals surface area contributed by atoms with Crippen LogP contribution < -0.4 is 5.32 Å². The summed E-state index contributed by atoms with van der Waals surface area (Å²) >= 11 is 0.